The number of nitrogens with zero attached hydrogens (tertiary/aromatic N) is 2. The van der Waals surface area contributed by atoms with E-state index in [4.69, 9.17) is 15.6 Å². The van der Waals surface area contributed by atoms with Crippen molar-refractivity contribution in [3.8, 4) is 0 Å². The highest BCUT2D eigenvalue weighted by Gasteiger charge is 2.20. The molecule has 2 atom stereocenters. The van der Waals surface area contributed by atoms with Gasteiger partial charge in [-0.3, -0.25) is 9.59 Å². The zero-order chi connectivity index (χ0) is 17.9. The maximum Gasteiger partial charge on any atom is 0.320 e. The molecular weight excluding hydrogens is 358 g/mol. The van der Waals surface area contributed by atoms with Crippen molar-refractivity contribution in [2.45, 2.75) is 38.1 Å². The predicted molar refractivity (Wildman–Crippen MR) is 89.8 cm³/mol. The third-order valence-electron chi connectivity index (χ3n) is 3.88. The van der Waals surface area contributed by atoms with E-state index in [1.807, 2.05) is 0 Å². The second kappa shape index (κ2) is 12.7. The Bertz CT molecular complexity index is 439. The minimum absolute atomic E-state index is 0. The third-order valence-corrected chi connectivity index (χ3v) is 3.88. The monoisotopic (exact) mass is 383 g/mol. The highest BCUT2D eigenvalue weighted by Crippen LogP contribution is 2.17. The normalized spacial score (nSPS) is 18.7. The van der Waals surface area contributed by atoms with Crippen LogP contribution in [-0.2, 0) is 19.2 Å². The Balaban J connectivity index is 0.00000576. The summed E-state index contributed by atoms with van der Waals surface area (Å²) in [5.74, 6) is -1.45. The van der Waals surface area contributed by atoms with Crippen molar-refractivity contribution in [1.29, 1.82) is 0 Å². The smallest absolute Gasteiger partial charge is 0.320 e. The van der Waals surface area contributed by atoms with Gasteiger partial charge in [0.05, 0.1) is 6.61 Å². The topological polar surface area (TPSA) is 145 Å². The molecule has 1 rings (SSSR count). The summed E-state index contributed by atoms with van der Waals surface area (Å²) in [4.78, 5) is 38.8. The number of hydrogen-bond acceptors (Lipinski definition) is 8. The molecule has 1 fully saturated rings. The molecule has 0 radical (unpaired) electrons. The summed E-state index contributed by atoms with van der Waals surface area (Å²) in [5.41, 5.74) is 5.31. The van der Waals surface area contributed by atoms with Crippen LogP contribution in [-0.4, -0.2) is 65.9 Å². The van der Waals surface area contributed by atoms with Gasteiger partial charge in [-0.25, -0.2) is 0 Å². The van der Waals surface area contributed by atoms with Crippen LogP contribution in [0.2, 0.25) is 0 Å². The lowest BCUT2D eigenvalue weighted by molar-refractivity contribution is -0.759. The van der Waals surface area contributed by atoms with Gasteiger partial charge < -0.3 is 25.3 Å². The number of nitrogens with two attached hydrogens (primary N) is 1. The largest absolute Gasteiger partial charge is 0.480 e. The summed E-state index contributed by atoms with van der Waals surface area (Å²) < 4.78 is 5.04. The van der Waals surface area contributed by atoms with Crippen LogP contribution >= 0.6 is 12.4 Å². The predicted octanol–water partition coefficient (Wildman–Crippen LogP) is 0.454. The highest BCUT2D eigenvalue weighted by atomic mass is 35.5. The molecule has 0 bridgehead atoms. The van der Waals surface area contributed by atoms with E-state index in [0.717, 1.165) is 32.5 Å². The molecule has 0 aromatic rings. The lowest BCUT2D eigenvalue weighted by Crippen LogP contribution is -2.38. The average molecular weight is 384 g/mol. The van der Waals surface area contributed by atoms with Crippen molar-refractivity contribution in [2.24, 2.45) is 11.7 Å². The Morgan fingerprint density at radius 2 is 2.16 bits per heavy atom. The number of halogens is 1. The van der Waals surface area contributed by atoms with Crippen molar-refractivity contribution in [1.82, 2.24) is 4.90 Å². The molecule has 1 heterocycles. The van der Waals surface area contributed by atoms with E-state index in [1.165, 1.54) is 0 Å². The number of aliphatic carboxylic acids is 1. The maximum absolute atomic E-state index is 11.5. The lowest BCUT2D eigenvalue weighted by Gasteiger charge is -2.32. The summed E-state index contributed by atoms with van der Waals surface area (Å²) in [6.07, 6.45) is 2.55. The molecule has 25 heavy (non-hydrogen) atoms. The molecule has 0 aromatic carbocycles. The van der Waals surface area contributed by atoms with Crippen LogP contribution in [0.1, 0.15) is 32.1 Å². The Morgan fingerprint density at radius 1 is 1.44 bits per heavy atom. The van der Waals surface area contributed by atoms with Gasteiger partial charge in [-0.05, 0) is 38.1 Å². The summed E-state index contributed by atoms with van der Waals surface area (Å²) in [6.45, 7) is 2.75. The number of piperidine rings is 1. The van der Waals surface area contributed by atoms with Crippen LogP contribution in [0.15, 0.2) is 0 Å². The van der Waals surface area contributed by atoms with Crippen LogP contribution in [0, 0.1) is 16.0 Å². The van der Waals surface area contributed by atoms with Gasteiger partial charge in [-0.1, -0.05) is 0 Å². The number of carboxylic acid groups (broad SMARTS) is 1. The van der Waals surface area contributed by atoms with Crippen molar-refractivity contribution in [3.63, 3.8) is 0 Å². The first-order valence-electron chi connectivity index (χ1n) is 8.02. The van der Waals surface area contributed by atoms with Crippen molar-refractivity contribution >= 4 is 24.3 Å². The zero-order valence-corrected chi connectivity index (χ0v) is 14.8. The molecule has 0 amide bonds. The molecule has 1 unspecified atom stereocenters. The summed E-state index contributed by atoms with van der Waals surface area (Å²) >= 11 is 0. The van der Waals surface area contributed by atoms with Crippen LogP contribution in [0.4, 0.5) is 0 Å². The highest BCUT2D eigenvalue weighted by molar-refractivity contribution is 5.85. The summed E-state index contributed by atoms with van der Waals surface area (Å²) in [7, 11) is 0. The fourth-order valence-electron chi connectivity index (χ4n) is 2.60. The van der Waals surface area contributed by atoms with Crippen molar-refractivity contribution < 1.29 is 29.4 Å². The number of carboxylic acids is 1. The minimum atomic E-state index is -1.14. The van der Waals surface area contributed by atoms with Crippen LogP contribution in [0.3, 0.4) is 0 Å². The fourth-order valence-corrected chi connectivity index (χ4v) is 2.60. The van der Waals surface area contributed by atoms with Crippen molar-refractivity contribution in [3.05, 3.63) is 10.1 Å². The molecular formula is C14H26ClN3O7. The zero-order valence-electron chi connectivity index (χ0n) is 14.0. The SMILES string of the molecule is Cl.N[C@@H](CCC(=O)OCCCN1CCCC(CO[N+](=O)[O-])C1)C(=O)O. The summed E-state index contributed by atoms with van der Waals surface area (Å²) in [6, 6.07) is -1.05. The van der Waals surface area contributed by atoms with E-state index in [9.17, 15) is 19.7 Å². The number of carbonyl (C=O) groups is 2. The molecule has 1 saturated heterocycles. The van der Waals surface area contributed by atoms with Gasteiger partial charge in [0.2, 0.25) is 0 Å². The molecule has 11 heteroatoms. The average Bonchev–Trinajstić information content (AvgIpc) is 2.55. The van der Waals surface area contributed by atoms with Gasteiger partial charge in [0, 0.05) is 19.5 Å². The summed E-state index contributed by atoms with van der Waals surface area (Å²) in [5, 5.41) is 18.1. The molecule has 0 aliphatic carbocycles. The number of likely N-dealkylation sites (tertiary alicyclic amines) is 1. The van der Waals surface area contributed by atoms with E-state index in [0.29, 0.717) is 6.42 Å². The molecule has 3 N–H and O–H groups in total. The second-order valence-electron chi connectivity index (χ2n) is 5.89. The molecule has 0 saturated carbocycles. The van der Waals surface area contributed by atoms with Gasteiger partial charge in [-0.2, -0.15) is 0 Å². The van der Waals surface area contributed by atoms with E-state index in [1.54, 1.807) is 0 Å². The lowest BCUT2D eigenvalue weighted by atomic mass is 9.99. The molecule has 0 aromatic heterocycles. The molecule has 0 spiro atoms. The van der Waals surface area contributed by atoms with Gasteiger partial charge in [0.1, 0.15) is 12.6 Å². The van der Waals surface area contributed by atoms with E-state index in [2.05, 4.69) is 9.74 Å². The van der Waals surface area contributed by atoms with Crippen LogP contribution in [0.25, 0.3) is 0 Å². The van der Waals surface area contributed by atoms with Crippen LogP contribution in [0.5, 0.6) is 0 Å². The standard InChI is InChI=1S/C14H25N3O7.ClH/c15-12(14(19)20)4-5-13(18)23-8-2-7-16-6-1-3-11(9-16)10-24-17(21)22;/h11-12H,1-10,15H2,(H,19,20);1H/t11?,12-;/m0./s1. The Hall–Kier alpha value is -1.65. The van der Waals surface area contributed by atoms with E-state index < -0.39 is 23.1 Å². The number of esters is 1. The number of rotatable bonds is 11. The minimum Gasteiger partial charge on any atom is -0.480 e. The Morgan fingerprint density at radius 3 is 2.80 bits per heavy atom. The molecule has 1 aliphatic heterocycles. The number of carbonyl (C=O) groups excluding carboxylic acids is 1. The molecule has 10 nitrogen and oxygen atoms in total. The van der Waals surface area contributed by atoms with Crippen molar-refractivity contribution in [2.75, 3.05) is 32.8 Å². The number of hydrogen-bond donors (Lipinski definition) is 2. The van der Waals surface area contributed by atoms with Crippen LogP contribution < -0.4 is 5.73 Å². The first-order chi connectivity index (χ1) is 11.4. The first-order valence-corrected chi connectivity index (χ1v) is 8.02. The van der Waals surface area contributed by atoms with Gasteiger partial charge >= 0.3 is 11.9 Å². The third kappa shape index (κ3) is 10.7. The second-order valence-corrected chi connectivity index (χ2v) is 5.89. The quantitative estimate of drug-likeness (QED) is 0.225. The van der Waals surface area contributed by atoms with E-state index in [-0.39, 0.29) is 44.4 Å². The Labute approximate surface area is 152 Å². The first kappa shape index (κ1) is 23.4. The number of ether oxygens (including phenoxy) is 1. The Kier molecular flexibility index (Phi) is 11.8. The molecule has 1 aliphatic rings. The van der Waals surface area contributed by atoms with E-state index >= 15 is 0 Å². The maximum atomic E-state index is 11.5. The van der Waals surface area contributed by atoms with Gasteiger partial charge in [0.15, 0.2) is 0 Å². The molecule has 146 valence electrons. The van der Waals surface area contributed by atoms with Gasteiger partial charge in [-0.15, -0.1) is 22.5 Å². The fraction of sp³-hybridized carbons (Fsp3) is 0.857. The van der Waals surface area contributed by atoms with Gasteiger partial charge in [0.25, 0.3) is 5.09 Å².